The standard InChI is InChI=1S/C21H29NO2S/c1-5-21(3,4)19-13-15-20(16-14-19)25(23,24)22-17(2)11-12-18-9-7-6-8-10-18/h6-10,13-17,22H,5,11-12H2,1-4H3. The van der Waals surface area contributed by atoms with Crippen molar-refractivity contribution >= 4 is 10.0 Å². The second kappa shape index (κ2) is 8.15. The van der Waals surface area contributed by atoms with E-state index in [-0.39, 0.29) is 11.5 Å². The fourth-order valence-electron chi connectivity index (χ4n) is 2.71. The molecule has 0 bridgehead atoms. The zero-order valence-electron chi connectivity index (χ0n) is 15.6. The summed E-state index contributed by atoms with van der Waals surface area (Å²) < 4.78 is 27.9. The van der Waals surface area contributed by atoms with Gasteiger partial charge in [-0.2, -0.15) is 0 Å². The molecule has 0 aliphatic carbocycles. The lowest BCUT2D eigenvalue weighted by Gasteiger charge is -2.23. The van der Waals surface area contributed by atoms with Crippen molar-refractivity contribution in [1.82, 2.24) is 4.72 Å². The maximum absolute atomic E-state index is 12.6. The molecule has 25 heavy (non-hydrogen) atoms. The van der Waals surface area contributed by atoms with Crippen molar-refractivity contribution in [2.75, 3.05) is 0 Å². The predicted molar refractivity (Wildman–Crippen MR) is 104 cm³/mol. The van der Waals surface area contributed by atoms with E-state index in [2.05, 4.69) is 37.6 Å². The zero-order chi connectivity index (χ0) is 18.5. The number of benzene rings is 2. The van der Waals surface area contributed by atoms with Gasteiger partial charge in [0.1, 0.15) is 0 Å². The van der Waals surface area contributed by atoms with E-state index in [9.17, 15) is 8.42 Å². The first-order chi connectivity index (χ1) is 11.7. The summed E-state index contributed by atoms with van der Waals surface area (Å²) in [4.78, 5) is 0.328. The average molecular weight is 360 g/mol. The van der Waals surface area contributed by atoms with E-state index in [0.717, 1.165) is 24.8 Å². The summed E-state index contributed by atoms with van der Waals surface area (Å²) in [5.74, 6) is 0. The summed E-state index contributed by atoms with van der Waals surface area (Å²) in [5, 5.41) is 0. The quantitative estimate of drug-likeness (QED) is 0.744. The van der Waals surface area contributed by atoms with Crippen LogP contribution in [0.15, 0.2) is 59.5 Å². The van der Waals surface area contributed by atoms with Crippen LogP contribution in [0.5, 0.6) is 0 Å². The van der Waals surface area contributed by atoms with Gasteiger partial charge >= 0.3 is 0 Å². The summed E-state index contributed by atoms with van der Waals surface area (Å²) in [6.07, 6.45) is 2.63. The van der Waals surface area contributed by atoms with E-state index in [1.165, 1.54) is 5.56 Å². The SMILES string of the molecule is CCC(C)(C)c1ccc(S(=O)(=O)NC(C)CCc2ccccc2)cc1. The minimum absolute atomic E-state index is 0.0543. The largest absolute Gasteiger partial charge is 0.240 e. The van der Waals surface area contributed by atoms with Gasteiger partial charge in [0.05, 0.1) is 4.90 Å². The Labute approximate surface area is 152 Å². The predicted octanol–water partition coefficient (Wildman–Crippen LogP) is 4.67. The van der Waals surface area contributed by atoms with E-state index in [4.69, 9.17) is 0 Å². The van der Waals surface area contributed by atoms with Crippen LogP contribution in [0.3, 0.4) is 0 Å². The van der Waals surface area contributed by atoms with Crippen LogP contribution in [0, 0.1) is 0 Å². The highest BCUT2D eigenvalue weighted by Crippen LogP contribution is 2.27. The molecule has 0 saturated carbocycles. The third-order valence-electron chi connectivity index (χ3n) is 4.90. The first-order valence-electron chi connectivity index (χ1n) is 8.91. The van der Waals surface area contributed by atoms with E-state index in [1.54, 1.807) is 12.1 Å². The number of sulfonamides is 1. The van der Waals surface area contributed by atoms with Crippen LogP contribution in [0.25, 0.3) is 0 Å². The Morgan fingerprint density at radius 2 is 1.60 bits per heavy atom. The van der Waals surface area contributed by atoms with Gasteiger partial charge in [0.15, 0.2) is 0 Å². The van der Waals surface area contributed by atoms with Crippen molar-refractivity contribution in [3.63, 3.8) is 0 Å². The van der Waals surface area contributed by atoms with Crippen molar-refractivity contribution in [2.45, 2.75) is 63.3 Å². The Hall–Kier alpha value is -1.65. The van der Waals surface area contributed by atoms with E-state index < -0.39 is 10.0 Å². The van der Waals surface area contributed by atoms with Crippen LogP contribution in [0.1, 0.15) is 51.7 Å². The Bertz CT molecular complexity index is 765. The van der Waals surface area contributed by atoms with Crippen molar-refractivity contribution in [3.8, 4) is 0 Å². The summed E-state index contributed by atoms with van der Waals surface area (Å²) in [7, 11) is -3.48. The monoisotopic (exact) mass is 359 g/mol. The fourth-order valence-corrected chi connectivity index (χ4v) is 3.99. The number of nitrogens with one attached hydrogen (secondary N) is 1. The van der Waals surface area contributed by atoms with Gasteiger partial charge in [0.2, 0.25) is 10.0 Å². The van der Waals surface area contributed by atoms with Gasteiger partial charge in [-0.3, -0.25) is 0 Å². The molecule has 0 amide bonds. The van der Waals surface area contributed by atoms with Crippen molar-refractivity contribution < 1.29 is 8.42 Å². The maximum atomic E-state index is 12.6. The minimum Gasteiger partial charge on any atom is -0.208 e. The molecule has 136 valence electrons. The number of rotatable bonds is 8. The Balaban J connectivity index is 2.00. The second-order valence-corrected chi connectivity index (χ2v) is 9.02. The molecule has 1 unspecified atom stereocenters. The molecule has 2 aromatic rings. The van der Waals surface area contributed by atoms with E-state index >= 15 is 0 Å². The molecule has 1 N–H and O–H groups in total. The molecule has 2 rings (SSSR count). The molecule has 0 aromatic heterocycles. The van der Waals surface area contributed by atoms with E-state index in [0.29, 0.717) is 4.90 Å². The first-order valence-corrected chi connectivity index (χ1v) is 10.4. The highest BCUT2D eigenvalue weighted by molar-refractivity contribution is 7.89. The molecule has 0 heterocycles. The Kier molecular flexibility index (Phi) is 6.42. The minimum atomic E-state index is -3.48. The highest BCUT2D eigenvalue weighted by Gasteiger charge is 2.21. The van der Waals surface area contributed by atoms with Crippen LogP contribution in [0.2, 0.25) is 0 Å². The summed E-state index contributed by atoms with van der Waals surface area (Å²) in [6, 6.07) is 17.3. The highest BCUT2D eigenvalue weighted by atomic mass is 32.2. The molecule has 4 heteroatoms. The normalized spacial score (nSPS) is 13.6. The van der Waals surface area contributed by atoms with Gasteiger partial charge in [-0.15, -0.1) is 0 Å². The van der Waals surface area contributed by atoms with Crippen LogP contribution < -0.4 is 4.72 Å². The zero-order valence-corrected chi connectivity index (χ0v) is 16.4. The summed E-state index contributed by atoms with van der Waals surface area (Å²) in [6.45, 7) is 8.39. The van der Waals surface area contributed by atoms with Crippen molar-refractivity contribution in [3.05, 3.63) is 65.7 Å². The van der Waals surface area contributed by atoms with Crippen molar-refractivity contribution in [2.24, 2.45) is 0 Å². The van der Waals surface area contributed by atoms with Gasteiger partial charge in [-0.05, 0) is 54.9 Å². The van der Waals surface area contributed by atoms with Gasteiger partial charge in [0, 0.05) is 6.04 Å². The first kappa shape index (κ1) is 19.7. The Morgan fingerprint density at radius 1 is 1.00 bits per heavy atom. The fraction of sp³-hybridized carbons (Fsp3) is 0.429. The molecule has 2 aromatic carbocycles. The molecular weight excluding hydrogens is 330 g/mol. The third kappa shape index (κ3) is 5.41. The second-order valence-electron chi connectivity index (χ2n) is 7.31. The lowest BCUT2D eigenvalue weighted by atomic mass is 9.82. The molecular formula is C21H29NO2S. The molecule has 0 spiro atoms. The Morgan fingerprint density at radius 3 is 2.16 bits per heavy atom. The average Bonchev–Trinajstić information content (AvgIpc) is 2.60. The molecule has 0 fully saturated rings. The molecule has 0 radical (unpaired) electrons. The van der Waals surface area contributed by atoms with Crippen molar-refractivity contribution in [1.29, 1.82) is 0 Å². The summed E-state index contributed by atoms with van der Waals surface area (Å²) in [5.41, 5.74) is 2.43. The molecule has 0 aliphatic rings. The molecule has 1 atom stereocenters. The molecule has 0 aliphatic heterocycles. The smallest absolute Gasteiger partial charge is 0.208 e. The topological polar surface area (TPSA) is 46.2 Å². The molecule has 3 nitrogen and oxygen atoms in total. The van der Waals surface area contributed by atoms with E-state index in [1.807, 2.05) is 37.3 Å². The van der Waals surface area contributed by atoms with Crippen LogP contribution in [-0.2, 0) is 21.9 Å². The molecule has 0 saturated heterocycles. The van der Waals surface area contributed by atoms with Gasteiger partial charge < -0.3 is 0 Å². The van der Waals surface area contributed by atoms with Gasteiger partial charge in [-0.1, -0.05) is 63.2 Å². The van der Waals surface area contributed by atoms with Crippen LogP contribution >= 0.6 is 0 Å². The number of hydrogen-bond acceptors (Lipinski definition) is 2. The van der Waals surface area contributed by atoms with Crippen LogP contribution in [-0.4, -0.2) is 14.5 Å². The van der Waals surface area contributed by atoms with Gasteiger partial charge in [-0.25, -0.2) is 13.1 Å². The lowest BCUT2D eigenvalue weighted by Crippen LogP contribution is -2.33. The summed E-state index contributed by atoms with van der Waals surface area (Å²) >= 11 is 0. The van der Waals surface area contributed by atoms with Gasteiger partial charge in [0.25, 0.3) is 0 Å². The number of hydrogen-bond donors (Lipinski definition) is 1. The van der Waals surface area contributed by atoms with Crippen LogP contribution in [0.4, 0.5) is 0 Å². The maximum Gasteiger partial charge on any atom is 0.240 e. The lowest BCUT2D eigenvalue weighted by molar-refractivity contribution is 0.505. The third-order valence-corrected chi connectivity index (χ3v) is 6.50. The number of aryl methyl sites for hydroxylation is 1.